The van der Waals surface area contributed by atoms with Crippen LogP contribution in [0.3, 0.4) is 0 Å². The van der Waals surface area contributed by atoms with E-state index in [4.69, 9.17) is 4.74 Å². The van der Waals surface area contributed by atoms with E-state index >= 15 is 0 Å². The van der Waals surface area contributed by atoms with Crippen molar-refractivity contribution in [3.05, 3.63) is 51.2 Å². The number of thiophene rings is 1. The molecule has 31 heavy (non-hydrogen) atoms. The molecule has 3 rings (SSSR count). The van der Waals surface area contributed by atoms with Gasteiger partial charge in [-0.05, 0) is 68.3 Å². The van der Waals surface area contributed by atoms with Gasteiger partial charge in [-0.3, -0.25) is 9.69 Å². The summed E-state index contributed by atoms with van der Waals surface area (Å²) in [6.07, 6.45) is 2.15. The molecule has 1 N–H and O–H groups in total. The average molecular weight is 445 g/mol. The summed E-state index contributed by atoms with van der Waals surface area (Å²) in [7, 11) is 0. The molecule has 0 spiro atoms. The monoisotopic (exact) mass is 444 g/mol. The van der Waals surface area contributed by atoms with Gasteiger partial charge in [-0.15, -0.1) is 11.3 Å². The van der Waals surface area contributed by atoms with Gasteiger partial charge in [0, 0.05) is 18.0 Å². The molecule has 0 bridgehead atoms. The average Bonchev–Trinajstić information content (AvgIpc) is 3.22. The van der Waals surface area contributed by atoms with Crippen LogP contribution in [0.1, 0.15) is 54.3 Å². The second-order valence-corrected chi connectivity index (χ2v) is 9.53. The molecule has 1 aliphatic heterocycles. The Morgan fingerprint density at radius 2 is 2.13 bits per heavy atom. The number of fused-ring (bicyclic) bond motifs is 1. The second-order valence-electron chi connectivity index (χ2n) is 8.53. The molecule has 1 aromatic heterocycles. The second kappa shape index (κ2) is 11.1. The van der Waals surface area contributed by atoms with E-state index in [9.17, 15) is 9.90 Å². The normalized spacial score (nSPS) is 17.0. The highest BCUT2D eigenvalue weighted by Crippen LogP contribution is 2.34. The number of amides is 1. The predicted molar refractivity (Wildman–Crippen MR) is 127 cm³/mol. The van der Waals surface area contributed by atoms with E-state index in [1.807, 2.05) is 17.9 Å². The van der Waals surface area contributed by atoms with Crippen molar-refractivity contribution in [2.45, 2.75) is 59.1 Å². The molecule has 1 aliphatic rings. The lowest BCUT2D eigenvalue weighted by molar-refractivity contribution is -0.136. The Kier molecular flexibility index (Phi) is 8.52. The Bertz CT molecular complexity index is 866. The zero-order chi connectivity index (χ0) is 22.4. The first-order valence-electron chi connectivity index (χ1n) is 11.4. The van der Waals surface area contributed by atoms with Crippen LogP contribution in [0, 0.1) is 13.8 Å². The number of carbonyl (C=O) groups excluding carboxylic acids is 1. The summed E-state index contributed by atoms with van der Waals surface area (Å²) >= 11 is 1.77. The number of carbonyl (C=O) groups is 1. The molecule has 2 atom stereocenters. The number of aliphatic hydroxyl groups excluding tert-OH is 1. The third-order valence-corrected chi connectivity index (χ3v) is 6.98. The van der Waals surface area contributed by atoms with Gasteiger partial charge in [-0.25, -0.2) is 0 Å². The Hall–Kier alpha value is -1.89. The zero-order valence-corrected chi connectivity index (χ0v) is 20.1. The van der Waals surface area contributed by atoms with Gasteiger partial charge in [0.15, 0.2) is 0 Å². The maximum Gasteiger partial charge on any atom is 0.237 e. The largest absolute Gasteiger partial charge is 0.491 e. The van der Waals surface area contributed by atoms with E-state index in [1.165, 1.54) is 16.0 Å². The first kappa shape index (κ1) is 23.8. The van der Waals surface area contributed by atoms with E-state index in [1.54, 1.807) is 11.3 Å². The fourth-order valence-corrected chi connectivity index (χ4v) is 5.19. The van der Waals surface area contributed by atoms with Crippen LogP contribution in [0.25, 0.3) is 0 Å². The number of hydrogen-bond donors (Lipinski definition) is 1. The summed E-state index contributed by atoms with van der Waals surface area (Å²) in [6, 6.07) is 8.26. The molecule has 0 unspecified atom stereocenters. The third-order valence-electron chi connectivity index (χ3n) is 5.98. The molecule has 1 amide bonds. The van der Waals surface area contributed by atoms with Crippen LogP contribution in [-0.4, -0.2) is 59.7 Å². The summed E-state index contributed by atoms with van der Waals surface area (Å²) in [4.78, 5) is 18.8. The number of aliphatic hydroxyl groups is 1. The minimum atomic E-state index is -0.396. The van der Waals surface area contributed by atoms with Crippen LogP contribution in [0.4, 0.5) is 0 Å². The van der Waals surface area contributed by atoms with Gasteiger partial charge in [0.25, 0.3) is 0 Å². The number of aryl methyl sites for hydroxylation is 2. The number of hydrogen-bond acceptors (Lipinski definition) is 5. The summed E-state index contributed by atoms with van der Waals surface area (Å²) in [6.45, 7) is 11.1. The Morgan fingerprint density at radius 1 is 1.32 bits per heavy atom. The van der Waals surface area contributed by atoms with Crippen molar-refractivity contribution in [1.29, 1.82) is 0 Å². The van der Waals surface area contributed by atoms with Gasteiger partial charge in [0.2, 0.25) is 5.91 Å². The highest BCUT2D eigenvalue weighted by Gasteiger charge is 2.33. The standard InChI is InChI=1S/C25H36N2O3S/c1-5-11-26(15-20(28)6-2)16-25(29)27-12-9-24-21(10-13-31-24)22(27)17-30-23-8-7-18(3)14-19(23)4/h7-8,10,13-14,20,22,28H,5-6,9,11-12,15-17H2,1-4H3/t20-,22-/m0/s1. The lowest BCUT2D eigenvalue weighted by atomic mass is 10.00. The van der Waals surface area contributed by atoms with Crippen molar-refractivity contribution in [3.8, 4) is 5.75 Å². The minimum Gasteiger partial charge on any atom is -0.491 e. The number of benzene rings is 1. The van der Waals surface area contributed by atoms with E-state index in [0.717, 1.165) is 30.7 Å². The lowest BCUT2D eigenvalue weighted by Crippen LogP contribution is -2.47. The van der Waals surface area contributed by atoms with Crippen molar-refractivity contribution in [2.24, 2.45) is 0 Å². The van der Waals surface area contributed by atoms with Crippen LogP contribution in [-0.2, 0) is 11.2 Å². The van der Waals surface area contributed by atoms with E-state index in [-0.39, 0.29) is 11.9 Å². The van der Waals surface area contributed by atoms with Crippen LogP contribution in [0.2, 0.25) is 0 Å². The summed E-state index contributed by atoms with van der Waals surface area (Å²) < 4.78 is 6.23. The van der Waals surface area contributed by atoms with E-state index in [2.05, 4.69) is 49.3 Å². The first-order chi connectivity index (χ1) is 14.9. The van der Waals surface area contributed by atoms with Crippen molar-refractivity contribution in [1.82, 2.24) is 9.80 Å². The molecule has 2 aromatic rings. The fourth-order valence-electron chi connectivity index (χ4n) is 4.26. The molecular formula is C25H36N2O3S. The van der Waals surface area contributed by atoms with Gasteiger partial charge in [-0.2, -0.15) is 0 Å². The summed E-state index contributed by atoms with van der Waals surface area (Å²) in [5.74, 6) is 0.988. The van der Waals surface area contributed by atoms with E-state index < -0.39 is 6.10 Å². The maximum absolute atomic E-state index is 13.4. The highest BCUT2D eigenvalue weighted by atomic mass is 32.1. The summed E-state index contributed by atoms with van der Waals surface area (Å²) in [5, 5.41) is 12.2. The molecule has 0 saturated carbocycles. The van der Waals surface area contributed by atoms with Crippen LogP contribution in [0.15, 0.2) is 29.6 Å². The molecule has 0 saturated heterocycles. The predicted octanol–water partition coefficient (Wildman–Crippen LogP) is 4.35. The lowest BCUT2D eigenvalue weighted by Gasteiger charge is -2.37. The SMILES string of the molecule is CCCN(CC(=O)N1CCc2sccc2[C@@H]1COc1ccc(C)cc1C)C[C@@H](O)CC. The smallest absolute Gasteiger partial charge is 0.237 e. The molecule has 0 fully saturated rings. The maximum atomic E-state index is 13.4. The van der Waals surface area contributed by atoms with Gasteiger partial charge >= 0.3 is 0 Å². The van der Waals surface area contributed by atoms with E-state index in [0.29, 0.717) is 32.7 Å². The van der Waals surface area contributed by atoms with Gasteiger partial charge in [-0.1, -0.05) is 31.5 Å². The first-order valence-corrected chi connectivity index (χ1v) is 12.3. The molecule has 170 valence electrons. The molecule has 5 nitrogen and oxygen atoms in total. The molecule has 0 radical (unpaired) electrons. The van der Waals surface area contributed by atoms with Crippen molar-refractivity contribution >= 4 is 17.2 Å². The minimum absolute atomic E-state index is 0.0808. The van der Waals surface area contributed by atoms with Crippen LogP contribution >= 0.6 is 11.3 Å². The number of ether oxygens (including phenoxy) is 1. The molecule has 6 heteroatoms. The Labute approximate surface area is 190 Å². The number of rotatable bonds is 10. The molecular weight excluding hydrogens is 408 g/mol. The highest BCUT2D eigenvalue weighted by molar-refractivity contribution is 7.10. The fraction of sp³-hybridized carbons (Fsp3) is 0.560. The van der Waals surface area contributed by atoms with Gasteiger partial charge in [0.1, 0.15) is 12.4 Å². The topological polar surface area (TPSA) is 53.0 Å². The number of nitrogens with zero attached hydrogens (tertiary/aromatic N) is 2. The molecule has 1 aromatic carbocycles. The third kappa shape index (κ3) is 6.09. The quantitative estimate of drug-likeness (QED) is 0.592. The zero-order valence-electron chi connectivity index (χ0n) is 19.3. The molecule has 0 aliphatic carbocycles. The van der Waals surface area contributed by atoms with Gasteiger partial charge < -0.3 is 14.7 Å². The Morgan fingerprint density at radius 3 is 2.84 bits per heavy atom. The van der Waals surface area contributed by atoms with Crippen molar-refractivity contribution < 1.29 is 14.6 Å². The Balaban J connectivity index is 1.74. The molecule has 2 heterocycles. The van der Waals surface area contributed by atoms with Crippen molar-refractivity contribution in [2.75, 3.05) is 32.8 Å². The van der Waals surface area contributed by atoms with Crippen molar-refractivity contribution in [3.63, 3.8) is 0 Å². The summed E-state index contributed by atoms with van der Waals surface area (Å²) in [5.41, 5.74) is 3.54. The van der Waals surface area contributed by atoms with Gasteiger partial charge in [0.05, 0.1) is 18.7 Å². The van der Waals surface area contributed by atoms with Crippen LogP contribution in [0.5, 0.6) is 5.75 Å². The van der Waals surface area contributed by atoms with Crippen LogP contribution < -0.4 is 4.74 Å².